The summed E-state index contributed by atoms with van der Waals surface area (Å²) in [5.74, 6) is -1.41. The lowest BCUT2D eigenvalue weighted by Gasteiger charge is -1.98. The molecule has 0 N–H and O–H groups in total. The molecule has 0 heterocycles. The molecule has 3 heteroatoms. The molecular weight excluding hydrogens is 251 g/mol. The van der Waals surface area contributed by atoms with E-state index in [0.29, 0.717) is 16.1 Å². The third-order valence-electron chi connectivity index (χ3n) is 2.42. The van der Waals surface area contributed by atoms with E-state index >= 15 is 0 Å². The highest BCUT2D eigenvalue weighted by Gasteiger charge is 2.10. The molecule has 0 fully saturated rings. The van der Waals surface area contributed by atoms with Crippen LogP contribution in [0.4, 0.5) is 4.39 Å². The second-order valence-electron chi connectivity index (χ2n) is 3.74. The van der Waals surface area contributed by atoms with E-state index < -0.39 is 11.6 Å². The van der Waals surface area contributed by atoms with Gasteiger partial charge in [-0.15, -0.1) is 0 Å². The first kappa shape index (κ1) is 12.5. The molecule has 0 saturated carbocycles. The molecule has 0 unspecified atom stereocenters. The number of hydrogen-bond acceptors (Lipinski definition) is 1. The molecule has 0 atom stereocenters. The molecule has 18 heavy (non-hydrogen) atoms. The average Bonchev–Trinajstić information content (AvgIpc) is 2.41. The Labute approximate surface area is 110 Å². The number of Topliss-reactive ketones (excluding diaryl/α,β-unsaturated/α-hetero) is 1. The van der Waals surface area contributed by atoms with E-state index in [4.69, 9.17) is 11.6 Å². The van der Waals surface area contributed by atoms with Gasteiger partial charge >= 0.3 is 0 Å². The molecule has 90 valence electrons. The normalized spacial score (nSPS) is 11.3. The summed E-state index contributed by atoms with van der Waals surface area (Å²) in [5.41, 5.74) is 0.932. The van der Waals surface area contributed by atoms with Gasteiger partial charge in [0.05, 0.1) is 0 Å². The van der Waals surface area contributed by atoms with Crippen LogP contribution in [0.25, 0.3) is 6.08 Å². The standard InChI is InChI=1S/C15H10ClFO/c16-13-8-6-11(7-9-13)10-14(17)15(18)12-4-2-1-3-5-12/h1-10H. The largest absolute Gasteiger partial charge is 0.286 e. The van der Waals surface area contributed by atoms with Gasteiger partial charge in [0.25, 0.3) is 0 Å². The average molecular weight is 261 g/mol. The van der Waals surface area contributed by atoms with Crippen molar-refractivity contribution < 1.29 is 9.18 Å². The van der Waals surface area contributed by atoms with Crippen LogP contribution in [-0.2, 0) is 0 Å². The Hall–Kier alpha value is -1.93. The molecule has 0 aliphatic rings. The van der Waals surface area contributed by atoms with Gasteiger partial charge in [0.2, 0.25) is 5.78 Å². The molecule has 0 radical (unpaired) electrons. The third kappa shape index (κ3) is 3.05. The van der Waals surface area contributed by atoms with Gasteiger partial charge in [0.15, 0.2) is 5.83 Å². The summed E-state index contributed by atoms with van der Waals surface area (Å²) >= 11 is 5.73. The molecule has 1 nitrogen and oxygen atoms in total. The Morgan fingerprint density at radius 2 is 1.61 bits per heavy atom. The predicted octanol–water partition coefficient (Wildman–Crippen LogP) is 4.53. The van der Waals surface area contributed by atoms with Crippen LogP contribution in [-0.4, -0.2) is 5.78 Å². The van der Waals surface area contributed by atoms with Crippen molar-refractivity contribution in [1.82, 2.24) is 0 Å². The topological polar surface area (TPSA) is 17.1 Å². The number of rotatable bonds is 3. The maximum absolute atomic E-state index is 13.7. The molecule has 0 bridgehead atoms. The molecule has 2 rings (SSSR count). The lowest BCUT2D eigenvalue weighted by atomic mass is 10.1. The fourth-order valence-electron chi connectivity index (χ4n) is 1.50. The van der Waals surface area contributed by atoms with Crippen molar-refractivity contribution in [2.45, 2.75) is 0 Å². The van der Waals surface area contributed by atoms with Crippen molar-refractivity contribution in [3.05, 3.63) is 76.6 Å². The van der Waals surface area contributed by atoms with E-state index in [2.05, 4.69) is 0 Å². The second-order valence-corrected chi connectivity index (χ2v) is 4.18. The molecule has 0 aromatic heterocycles. The summed E-state index contributed by atoms with van der Waals surface area (Å²) < 4.78 is 13.7. The smallest absolute Gasteiger partial charge is 0.221 e. The van der Waals surface area contributed by atoms with E-state index in [9.17, 15) is 9.18 Å². The molecular formula is C15H10ClFO. The summed E-state index contributed by atoms with van der Waals surface area (Å²) in [7, 11) is 0. The highest BCUT2D eigenvalue weighted by atomic mass is 35.5. The van der Waals surface area contributed by atoms with E-state index in [1.54, 1.807) is 54.6 Å². The van der Waals surface area contributed by atoms with Crippen molar-refractivity contribution in [3.63, 3.8) is 0 Å². The lowest BCUT2D eigenvalue weighted by Crippen LogP contribution is -1.98. The second kappa shape index (κ2) is 5.61. The first-order valence-corrected chi connectivity index (χ1v) is 5.77. The monoisotopic (exact) mass is 260 g/mol. The first-order chi connectivity index (χ1) is 8.66. The predicted molar refractivity (Wildman–Crippen MR) is 71.3 cm³/mol. The summed E-state index contributed by atoms with van der Waals surface area (Å²) in [5, 5.41) is 0.571. The van der Waals surface area contributed by atoms with Crippen LogP contribution in [0.2, 0.25) is 5.02 Å². The Balaban J connectivity index is 2.23. The van der Waals surface area contributed by atoms with E-state index in [0.717, 1.165) is 0 Å². The van der Waals surface area contributed by atoms with Crippen LogP contribution < -0.4 is 0 Å². The highest BCUT2D eigenvalue weighted by Crippen LogP contribution is 2.16. The number of allylic oxidation sites excluding steroid dienone is 1. The molecule has 0 spiro atoms. The van der Waals surface area contributed by atoms with Crippen molar-refractivity contribution in [3.8, 4) is 0 Å². The molecule has 0 aliphatic carbocycles. The van der Waals surface area contributed by atoms with Gasteiger partial charge in [-0.1, -0.05) is 54.1 Å². The minimum absolute atomic E-state index is 0.334. The van der Waals surface area contributed by atoms with Gasteiger partial charge in [0.1, 0.15) is 0 Å². The Morgan fingerprint density at radius 3 is 2.22 bits per heavy atom. The first-order valence-electron chi connectivity index (χ1n) is 5.39. The molecule has 0 saturated heterocycles. The van der Waals surface area contributed by atoms with Gasteiger partial charge in [-0.3, -0.25) is 4.79 Å². The van der Waals surface area contributed by atoms with Crippen LogP contribution in [0.3, 0.4) is 0 Å². The summed E-state index contributed by atoms with van der Waals surface area (Å²) in [6.45, 7) is 0. The SMILES string of the molecule is O=C(C(F)=Cc1ccc(Cl)cc1)c1ccccc1. The number of ketones is 1. The number of carbonyl (C=O) groups is 1. The number of carbonyl (C=O) groups excluding carboxylic acids is 1. The lowest BCUT2D eigenvalue weighted by molar-refractivity contribution is 0.101. The zero-order valence-corrected chi connectivity index (χ0v) is 10.2. The zero-order valence-electron chi connectivity index (χ0n) is 9.44. The highest BCUT2D eigenvalue weighted by molar-refractivity contribution is 6.30. The fraction of sp³-hybridized carbons (Fsp3) is 0. The molecule has 2 aromatic rings. The summed E-state index contributed by atoms with van der Waals surface area (Å²) in [4.78, 5) is 11.7. The van der Waals surface area contributed by atoms with E-state index in [1.165, 1.54) is 6.08 Å². The quantitative estimate of drug-likeness (QED) is 0.585. The van der Waals surface area contributed by atoms with Crippen molar-refractivity contribution in [2.24, 2.45) is 0 Å². The maximum atomic E-state index is 13.7. The summed E-state index contributed by atoms with van der Waals surface area (Å²) in [6.07, 6.45) is 1.20. The van der Waals surface area contributed by atoms with Crippen LogP contribution in [0.15, 0.2) is 60.4 Å². The van der Waals surface area contributed by atoms with Crippen molar-refractivity contribution >= 4 is 23.5 Å². The van der Waals surface area contributed by atoms with E-state index in [-0.39, 0.29) is 0 Å². The van der Waals surface area contributed by atoms with Gasteiger partial charge < -0.3 is 0 Å². The van der Waals surface area contributed by atoms with Crippen LogP contribution in [0, 0.1) is 0 Å². The van der Waals surface area contributed by atoms with Gasteiger partial charge in [-0.05, 0) is 23.8 Å². The fourth-order valence-corrected chi connectivity index (χ4v) is 1.62. The van der Waals surface area contributed by atoms with Crippen molar-refractivity contribution in [2.75, 3.05) is 0 Å². The molecule has 0 amide bonds. The number of hydrogen-bond donors (Lipinski definition) is 0. The number of halogens is 2. The van der Waals surface area contributed by atoms with Crippen LogP contribution in [0.1, 0.15) is 15.9 Å². The minimum Gasteiger partial charge on any atom is -0.286 e. The number of benzene rings is 2. The Kier molecular flexibility index (Phi) is 3.90. The maximum Gasteiger partial charge on any atom is 0.221 e. The van der Waals surface area contributed by atoms with Crippen LogP contribution in [0.5, 0.6) is 0 Å². The van der Waals surface area contributed by atoms with Gasteiger partial charge in [0, 0.05) is 10.6 Å². The Morgan fingerprint density at radius 1 is 1.00 bits per heavy atom. The van der Waals surface area contributed by atoms with E-state index in [1.807, 2.05) is 0 Å². The zero-order chi connectivity index (χ0) is 13.0. The van der Waals surface area contributed by atoms with Crippen LogP contribution >= 0.6 is 11.6 Å². The molecule has 2 aromatic carbocycles. The third-order valence-corrected chi connectivity index (χ3v) is 2.67. The minimum atomic E-state index is -0.788. The van der Waals surface area contributed by atoms with Gasteiger partial charge in [-0.25, -0.2) is 4.39 Å². The Bertz CT molecular complexity index is 573. The molecule has 0 aliphatic heterocycles. The summed E-state index contributed by atoms with van der Waals surface area (Å²) in [6, 6.07) is 14.9. The van der Waals surface area contributed by atoms with Gasteiger partial charge in [-0.2, -0.15) is 0 Å². The van der Waals surface area contributed by atoms with Crippen molar-refractivity contribution in [1.29, 1.82) is 0 Å².